The van der Waals surface area contributed by atoms with Crippen LogP contribution in [0.25, 0.3) is 10.8 Å². The molecule has 4 nitrogen and oxygen atoms in total. The molecule has 112 valence electrons. The first-order chi connectivity index (χ1) is 10.1. The number of aromatic nitrogens is 2. The van der Waals surface area contributed by atoms with Gasteiger partial charge < -0.3 is 4.74 Å². The number of halogens is 1. The SMILES string of the molecule is CC(C)n1nc(Br)c2ccc(COCC3CC3)cc2c1=O. The number of rotatable bonds is 5. The third-order valence-corrected chi connectivity index (χ3v) is 4.33. The Morgan fingerprint density at radius 1 is 1.38 bits per heavy atom. The maximum atomic E-state index is 12.5. The molecule has 5 heteroatoms. The lowest BCUT2D eigenvalue weighted by Gasteiger charge is -2.11. The second kappa shape index (κ2) is 5.89. The minimum Gasteiger partial charge on any atom is -0.376 e. The quantitative estimate of drug-likeness (QED) is 0.826. The Labute approximate surface area is 132 Å². The summed E-state index contributed by atoms with van der Waals surface area (Å²) in [7, 11) is 0. The van der Waals surface area contributed by atoms with Gasteiger partial charge in [0.2, 0.25) is 0 Å². The van der Waals surface area contributed by atoms with Crippen molar-refractivity contribution in [1.82, 2.24) is 9.78 Å². The Kier molecular flexibility index (Phi) is 4.13. The van der Waals surface area contributed by atoms with Crippen LogP contribution in [0.4, 0.5) is 0 Å². The Balaban J connectivity index is 1.94. The second-order valence-electron chi connectivity index (χ2n) is 5.97. The summed E-state index contributed by atoms with van der Waals surface area (Å²) in [4.78, 5) is 12.5. The van der Waals surface area contributed by atoms with Gasteiger partial charge in [0.1, 0.15) is 4.60 Å². The molecule has 0 spiro atoms. The van der Waals surface area contributed by atoms with Crippen LogP contribution in [0, 0.1) is 5.92 Å². The van der Waals surface area contributed by atoms with E-state index in [1.54, 1.807) is 0 Å². The zero-order valence-corrected chi connectivity index (χ0v) is 13.9. The summed E-state index contributed by atoms with van der Waals surface area (Å²) in [6.45, 7) is 5.30. The van der Waals surface area contributed by atoms with E-state index in [2.05, 4.69) is 21.0 Å². The molecular formula is C16H19BrN2O2. The summed E-state index contributed by atoms with van der Waals surface area (Å²) in [5.74, 6) is 0.752. The summed E-state index contributed by atoms with van der Waals surface area (Å²) in [6, 6.07) is 5.90. The van der Waals surface area contributed by atoms with Crippen LogP contribution in [0.15, 0.2) is 27.6 Å². The zero-order valence-electron chi connectivity index (χ0n) is 12.3. The standard InChI is InChI=1S/C16H19BrN2O2/c1-10(2)19-16(20)14-7-12(9-21-8-11-3-4-11)5-6-13(14)15(17)18-19/h5-7,10-11H,3-4,8-9H2,1-2H3. The molecule has 1 aromatic carbocycles. The smallest absolute Gasteiger partial charge is 0.274 e. The van der Waals surface area contributed by atoms with E-state index in [1.807, 2.05) is 32.0 Å². The summed E-state index contributed by atoms with van der Waals surface area (Å²) < 4.78 is 7.92. The van der Waals surface area contributed by atoms with E-state index in [1.165, 1.54) is 17.5 Å². The molecule has 0 N–H and O–H groups in total. The molecule has 1 aliphatic carbocycles. The summed E-state index contributed by atoms with van der Waals surface area (Å²) in [5, 5.41) is 5.86. The lowest BCUT2D eigenvalue weighted by atomic mass is 10.1. The van der Waals surface area contributed by atoms with Crippen LogP contribution in [-0.4, -0.2) is 16.4 Å². The topological polar surface area (TPSA) is 44.1 Å². The van der Waals surface area contributed by atoms with Crippen molar-refractivity contribution in [2.24, 2.45) is 5.92 Å². The van der Waals surface area contributed by atoms with Crippen molar-refractivity contribution in [2.45, 2.75) is 39.3 Å². The number of fused-ring (bicyclic) bond motifs is 1. The fourth-order valence-electron chi connectivity index (χ4n) is 2.33. The highest BCUT2D eigenvalue weighted by Crippen LogP contribution is 2.29. The van der Waals surface area contributed by atoms with Crippen LogP contribution in [-0.2, 0) is 11.3 Å². The number of ether oxygens (including phenoxy) is 1. The molecule has 0 aliphatic heterocycles. The van der Waals surface area contributed by atoms with E-state index in [4.69, 9.17) is 4.74 Å². The average Bonchev–Trinajstić information content (AvgIpc) is 3.26. The van der Waals surface area contributed by atoms with Gasteiger partial charge in [-0.05, 0) is 60.2 Å². The van der Waals surface area contributed by atoms with Gasteiger partial charge in [0.25, 0.3) is 5.56 Å². The Bertz CT molecular complexity index is 720. The monoisotopic (exact) mass is 350 g/mol. The molecule has 21 heavy (non-hydrogen) atoms. The fourth-order valence-corrected chi connectivity index (χ4v) is 2.85. The Hall–Kier alpha value is -1.20. The molecule has 0 bridgehead atoms. The third-order valence-electron chi connectivity index (χ3n) is 3.75. The lowest BCUT2D eigenvalue weighted by Crippen LogP contribution is -2.25. The van der Waals surface area contributed by atoms with Crippen molar-refractivity contribution in [2.75, 3.05) is 6.61 Å². The average molecular weight is 351 g/mol. The molecule has 0 radical (unpaired) electrons. The van der Waals surface area contributed by atoms with E-state index in [9.17, 15) is 4.79 Å². The molecule has 1 heterocycles. The number of hydrogen-bond acceptors (Lipinski definition) is 3. The summed E-state index contributed by atoms with van der Waals surface area (Å²) >= 11 is 3.45. The number of hydrogen-bond donors (Lipinski definition) is 0. The predicted octanol–water partition coefficient (Wildman–Crippen LogP) is 3.67. The second-order valence-corrected chi connectivity index (χ2v) is 6.72. The highest BCUT2D eigenvalue weighted by molar-refractivity contribution is 9.10. The van der Waals surface area contributed by atoms with Crippen molar-refractivity contribution >= 4 is 26.7 Å². The highest BCUT2D eigenvalue weighted by atomic mass is 79.9. The first-order valence-corrected chi connectivity index (χ1v) is 8.14. The van der Waals surface area contributed by atoms with Gasteiger partial charge >= 0.3 is 0 Å². The van der Waals surface area contributed by atoms with E-state index in [0.29, 0.717) is 16.6 Å². The Morgan fingerprint density at radius 3 is 2.81 bits per heavy atom. The van der Waals surface area contributed by atoms with E-state index >= 15 is 0 Å². The largest absolute Gasteiger partial charge is 0.376 e. The van der Waals surface area contributed by atoms with Crippen LogP contribution in [0.2, 0.25) is 0 Å². The van der Waals surface area contributed by atoms with Gasteiger partial charge in [0, 0.05) is 12.0 Å². The summed E-state index contributed by atoms with van der Waals surface area (Å²) in [5.41, 5.74) is 0.987. The van der Waals surface area contributed by atoms with Crippen molar-refractivity contribution < 1.29 is 4.74 Å². The van der Waals surface area contributed by atoms with Crippen molar-refractivity contribution in [3.8, 4) is 0 Å². The maximum absolute atomic E-state index is 12.5. The number of benzene rings is 1. The first kappa shape index (κ1) is 14.7. The minimum atomic E-state index is -0.0488. The van der Waals surface area contributed by atoms with Crippen molar-refractivity contribution in [1.29, 1.82) is 0 Å². The van der Waals surface area contributed by atoms with E-state index in [-0.39, 0.29) is 11.6 Å². The zero-order chi connectivity index (χ0) is 15.0. The molecule has 1 aromatic heterocycles. The van der Waals surface area contributed by atoms with E-state index in [0.717, 1.165) is 23.5 Å². The van der Waals surface area contributed by atoms with Crippen LogP contribution >= 0.6 is 15.9 Å². The minimum absolute atomic E-state index is 0.0352. The van der Waals surface area contributed by atoms with Crippen molar-refractivity contribution in [3.05, 3.63) is 38.7 Å². The highest BCUT2D eigenvalue weighted by Gasteiger charge is 2.21. The fraction of sp³-hybridized carbons (Fsp3) is 0.500. The molecule has 1 fully saturated rings. The molecule has 3 rings (SSSR count). The molecule has 0 unspecified atom stereocenters. The van der Waals surface area contributed by atoms with Gasteiger partial charge in [-0.2, -0.15) is 5.10 Å². The molecule has 0 saturated heterocycles. The van der Waals surface area contributed by atoms with Gasteiger partial charge in [-0.3, -0.25) is 4.79 Å². The first-order valence-electron chi connectivity index (χ1n) is 7.35. The van der Waals surface area contributed by atoms with E-state index < -0.39 is 0 Å². The van der Waals surface area contributed by atoms with Crippen LogP contribution in [0.1, 0.15) is 38.3 Å². The molecule has 1 saturated carbocycles. The van der Waals surface area contributed by atoms with Gasteiger partial charge in [0.05, 0.1) is 18.0 Å². The van der Waals surface area contributed by atoms with Crippen LogP contribution < -0.4 is 5.56 Å². The molecule has 0 amide bonds. The van der Waals surface area contributed by atoms with Gasteiger partial charge in [0.15, 0.2) is 0 Å². The third kappa shape index (κ3) is 3.19. The van der Waals surface area contributed by atoms with Gasteiger partial charge in [-0.15, -0.1) is 0 Å². The predicted molar refractivity (Wildman–Crippen MR) is 86.5 cm³/mol. The molecular weight excluding hydrogens is 332 g/mol. The summed E-state index contributed by atoms with van der Waals surface area (Å²) in [6.07, 6.45) is 2.57. The molecule has 0 atom stereocenters. The maximum Gasteiger partial charge on any atom is 0.274 e. The van der Waals surface area contributed by atoms with Crippen molar-refractivity contribution in [3.63, 3.8) is 0 Å². The lowest BCUT2D eigenvalue weighted by molar-refractivity contribution is 0.111. The van der Waals surface area contributed by atoms with Gasteiger partial charge in [-0.25, -0.2) is 4.68 Å². The molecule has 1 aliphatic rings. The number of nitrogens with zero attached hydrogens (tertiary/aromatic N) is 2. The van der Waals surface area contributed by atoms with Crippen LogP contribution in [0.5, 0.6) is 0 Å². The molecule has 2 aromatic rings. The normalized spacial score (nSPS) is 15.0. The van der Waals surface area contributed by atoms with Crippen LogP contribution in [0.3, 0.4) is 0 Å². The van der Waals surface area contributed by atoms with Gasteiger partial charge in [-0.1, -0.05) is 12.1 Å². The Morgan fingerprint density at radius 2 is 2.14 bits per heavy atom.